The molecule has 0 saturated heterocycles. The molecule has 0 amide bonds. The second kappa shape index (κ2) is 18.9. The van der Waals surface area contributed by atoms with E-state index in [1.165, 1.54) is 25.7 Å². The molecule has 0 aromatic heterocycles. The standard InChI is InChI=1S/C20H34Br6O2/c1-3-14(21)16(23)12-18(25)19(26)13-17(24)15(22)10-8-6-5-7-9-11-20(27)28-4-2/h14-19H,3-13H2,1-2H3. The molecular formula is C20H34Br6O2. The lowest BCUT2D eigenvalue weighted by Gasteiger charge is -2.25. The molecule has 0 fully saturated rings. The van der Waals surface area contributed by atoms with E-state index >= 15 is 0 Å². The van der Waals surface area contributed by atoms with Gasteiger partial charge in [-0.2, -0.15) is 0 Å². The number of hydrogen-bond acceptors (Lipinski definition) is 2. The number of esters is 1. The van der Waals surface area contributed by atoms with Crippen molar-refractivity contribution in [2.45, 2.75) is 107 Å². The van der Waals surface area contributed by atoms with E-state index in [4.69, 9.17) is 4.74 Å². The molecule has 0 aliphatic rings. The molecule has 0 saturated carbocycles. The van der Waals surface area contributed by atoms with E-state index in [0.29, 0.717) is 42.0 Å². The van der Waals surface area contributed by atoms with Gasteiger partial charge in [-0.3, -0.25) is 4.79 Å². The van der Waals surface area contributed by atoms with Gasteiger partial charge in [-0.15, -0.1) is 0 Å². The highest BCUT2D eigenvalue weighted by Crippen LogP contribution is 2.33. The van der Waals surface area contributed by atoms with Crippen LogP contribution in [0.5, 0.6) is 0 Å². The van der Waals surface area contributed by atoms with Crippen LogP contribution in [0, 0.1) is 0 Å². The van der Waals surface area contributed by atoms with Gasteiger partial charge in [-0.1, -0.05) is 128 Å². The molecule has 0 N–H and O–H groups in total. The third-order valence-corrected chi connectivity index (χ3v) is 13.2. The zero-order valence-corrected chi connectivity index (χ0v) is 26.3. The molecule has 0 aliphatic carbocycles. The molecule has 168 valence electrons. The van der Waals surface area contributed by atoms with Gasteiger partial charge in [0.2, 0.25) is 0 Å². The second-order valence-electron chi connectivity index (χ2n) is 7.09. The maximum atomic E-state index is 11.3. The fourth-order valence-electron chi connectivity index (χ4n) is 2.83. The van der Waals surface area contributed by atoms with Gasteiger partial charge in [0.25, 0.3) is 0 Å². The highest BCUT2D eigenvalue weighted by molar-refractivity contribution is 9.13. The van der Waals surface area contributed by atoms with Crippen LogP contribution in [0.4, 0.5) is 0 Å². The van der Waals surface area contributed by atoms with E-state index in [9.17, 15) is 4.79 Å². The van der Waals surface area contributed by atoms with Gasteiger partial charge in [-0.05, 0) is 39.0 Å². The van der Waals surface area contributed by atoms with Crippen LogP contribution in [0.2, 0.25) is 0 Å². The minimum absolute atomic E-state index is 0.0628. The summed E-state index contributed by atoms with van der Waals surface area (Å²) in [5.41, 5.74) is 0. The normalized spacial score (nSPS) is 18.1. The molecule has 0 rings (SSSR count). The van der Waals surface area contributed by atoms with E-state index in [2.05, 4.69) is 103 Å². The first-order valence-electron chi connectivity index (χ1n) is 10.2. The molecular weight excluding hydrogens is 752 g/mol. The molecule has 0 spiro atoms. The Morgan fingerprint density at radius 2 is 1.14 bits per heavy atom. The summed E-state index contributed by atoms with van der Waals surface area (Å²) in [5.74, 6) is -0.0628. The Bertz CT molecular complexity index is 399. The maximum absolute atomic E-state index is 11.3. The molecule has 0 heterocycles. The minimum Gasteiger partial charge on any atom is -0.466 e. The summed E-state index contributed by atoms with van der Waals surface area (Å²) in [6.45, 7) is 4.54. The van der Waals surface area contributed by atoms with Crippen LogP contribution in [0.25, 0.3) is 0 Å². The summed E-state index contributed by atoms with van der Waals surface area (Å²) in [7, 11) is 0. The lowest BCUT2D eigenvalue weighted by Crippen LogP contribution is -2.27. The topological polar surface area (TPSA) is 26.3 Å². The van der Waals surface area contributed by atoms with Crippen molar-refractivity contribution in [3.05, 3.63) is 0 Å². The third kappa shape index (κ3) is 15.2. The first-order valence-corrected chi connectivity index (χ1v) is 15.7. The van der Waals surface area contributed by atoms with Crippen LogP contribution < -0.4 is 0 Å². The van der Waals surface area contributed by atoms with Crippen molar-refractivity contribution < 1.29 is 9.53 Å². The summed E-state index contributed by atoms with van der Waals surface area (Å²) in [6, 6.07) is 0. The first kappa shape index (κ1) is 30.4. The van der Waals surface area contributed by atoms with Crippen LogP contribution >= 0.6 is 95.6 Å². The quantitative estimate of drug-likeness (QED) is 0.0837. The van der Waals surface area contributed by atoms with E-state index in [-0.39, 0.29) is 5.97 Å². The van der Waals surface area contributed by atoms with Crippen molar-refractivity contribution in [1.82, 2.24) is 0 Å². The van der Waals surface area contributed by atoms with Crippen LogP contribution in [-0.4, -0.2) is 41.5 Å². The van der Waals surface area contributed by atoms with Crippen molar-refractivity contribution in [1.29, 1.82) is 0 Å². The third-order valence-electron chi connectivity index (χ3n) is 4.63. The molecule has 28 heavy (non-hydrogen) atoms. The molecule has 2 nitrogen and oxygen atoms in total. The zero-order chi connectivity index (χ0) is 21.5. The van der Waals surface area contributed by atoms with Gasteiger partial charge in [-0.25, -0.2) is 0 Å². The largest absolute Gasteiger partial charge is 0.466 e. The van der Waals surface area contributed by atoms with Crippen molar-refractivity contribution in [2.24, 2.45) is 0 Å². The molecule has 0 aromatic carbocycles. The Hall–Kier alpha value is 2.35. The Kier molecular flexibility index (Phi) is 20.5. The van der Waals surface area contributed by atoms with Crippen LogP contribution in [0.3, 0.4) is 0 Å². The maximum Gasteiger partial charge on any atom is 0.305 e. The van der Waals surface area contributed by atoms with Crippen LogP contribution in [-0.2, 0) is 9.53 Å². The monoisotopic (exact) mass is 780 g/mol. The molecule has 6 unspecified atom stereocenters. The van der Waals surface area contributed by atoms with E-state index in [1.807, 2.05) is 6.92 Å². The average Bonchev–Trinajstić information content (AvgIpc) is 2.66. The predicted molar refractivity (Wildman–Crippen MR) is 145 cm³/mol. The summed E-state index contributed by atoms with van der Waals surface area (Å²) < 4.78 is 4.95. The second-order valence-corrected chi connectivity index (χ2v) is 14.1. The van der Waals surface area contributed by atoms with Crippen LogP contribution in [0.1, 0.15) is 78.1 Å². The molecule has 0 radical (unpaired) electrons. The highest BCUT2D eigenvalue weighted by atomic mass is 79.9. The number of ether oxygens (including phenoxy) is 1. The molecule has 0 aromatic rings. The molecule has 8 heteroatoms. The summed E-state index contributed by atoms with van der Waals surface area (Å²) in [4.78, 5) is 14.1. The Labute approximate surface area is 222 Å². The van der Waals surface area contributed by atoms with Crippen molar-refractivity contribution in [3.63, 3.8) is 0 Å². The SMILES string of the molecule is CCOC(=O)CCCCCCCC(Br)C(Br)CC(Br)C(Br)CC(Br)C(Br)CC. The number of carbonyl (C=O) groups is 1. The molecule has 0 bridgehead atoms. The number of carbonyl (C=O) groups excluding carboxylic acids is 1. The summed E-state index contributed by atoms with van der Waals surface area (Å²) >= 11 is 23.0. The average molecular weight is 786 g/mol. The van der Waals surface area contributed by atoms with Gasteiger partial charge >= 0.3 is 5.97 Å². The van der Waals surface area contributed by atoms with Crippen molar-refractivity contribution in [2.75, 3.05) is 6.61 Å². The molecule has 6 atom stereocenters. The Morgan fingerprint density at radius 3 is 1.68 bits per heavy atom. The van der Waals surface area contributed by atoms with Gasteiger partial charge in [0.1, 0.15) is 0 Å². The molecule has 0 aliphatic heterocycles. The number of hydrogen-bond donors (Lipinski definition) is 0. The van der Waals surface area contributed by atoms with Gasteiger partial charge in [0.05, 0.1) is 6.61 Å². The minimum atomic E-state index is -0.0628. The summed E-state index contributed by atoms with van der Waals surface area (Å²) in [5, 5.41) is 0. The highest BCUT2D eigenvalue weighted by Gasteiger charge is 2.26. The van der Waals surface area contributed by atoms with E-state index < -0.39 is 0 Å². The number of rotatable bonds is 17. The van der Waals surface area contributed by atoms with Crippen molar-refractivity contribution in [3.8, 4) is 0 Å². The summed E-state index contributed by atoms with van der Waals surface area (Å²) in [6.07, 6.45) is 10.7. The predicted octanol–water partition coefficient (Wildman–Crippen LogP) is 9.05. The zero-order valence-electron chi connectivity index (χ0n) is 16.8. The van der Waals surface area contributed by atoms with E-state index in [0.717, 1.165) is 32.1 Å². The number of unbranched alkanes of at least 4 members (excludes halogenated alkanes) is 4. The van der Waals surface area contributed by atoms with E-state index in [1.54, 1.807) is 0 Å². The van der Waals surface area contributed by atoms with Gasteiger partial charge < -0.3 is 4.74 Å². The lowest BCUT2D eigenvalue weighted by atomic mass is 10.0. The van der Waals surface area contributed by atoms with Gasteiger partial charge in [0.15, 0.2) is 0 Å². The first-order chi connectivity index (χ1) is 13.2. The fraction of sp³-hybridized carbons (Fsp3) is 0.950. The van der Waals surface area contributed by atoms with Crippen LogP contribution in [0.15, 0.2) is 0 Å². The smallest absolute Gasteiger partial charge is 0.305 e. The Morgan fingerprint density at radius 1 is 0.679 bits per heavy atom. The fourth-order valence-corrected chi connectivity index (χ4v) is 7.27. The van der Waals surface area contributed by atoms with Crippen molar-refractivity contribution >= 4 is 102 Å². The van der Waals surface area contributed by atoms with Gasteiger partial charge in [0, 0.05) is 35.4 Å². The lowest BCUT2D eigenvalue weighted by molar-refractivity contribution is -0.143. The Balaban J connectivity index is 3.90. The number of halogens is 6. The number of alkyl halides is 6.